The van der Waals surface area contributed by atoms with Crippen LogP contribution in [0.1, 0.15) is 24.4 Å². The first-order valence-electron chi connectivity index (χ1n) is 6.77. The summed E-state index contributed by atoms with van der Waals surface area (Å²) in [7, 11) is 0. The van der Waals surface area contributed by atoms with E-state index in [-0.39, 0.29) is 24.2 Å². The molecule has 0 aliphatic heterocycles. The summed E-state index contributed by atoms with van der Waals surface area (Å²) in [6.45, 7) is -0.242. The summed E-state index contributed by atoms with van der Waals surface area (Å²) < 4.78 is 15.9. The van der Waals surface area contributed by atoms with Gasteiger partial charge in [0, 0.05) is 17.1 Å². The molecule has 1 aliphatic carbocycles. The number of halogens is 2. The van der Waals surface area contributed by atoms with Gasteiger partial charge >= 0.3 is 5.69 Å². The Morgan fingerprint density at radius 2 is 2.18 bits per heavy atom. The molecule has 0 spiro atoms. The van der Waals surface area contributed by atoms with E-state index in [1.807, 2.05) is 0 Å². The molecular formula is C13H13ClFN5O2. The van der Waals surface area contributed by atoms with Crippen LogP contribution >= 0.6 is 11.6 Å². The first kappa shape index (κ1) is 14.7. The topological polar surface area (TPSA) is 81.8 Å². The molecule has 116 valence electrons. The van der Waals surface area contributed by atoms with Crippen LogP contribution in [0.2, 0.25) is 5.02 Å². The van der Waals surface area contributed by atoms with Gasteiger partial charge in [-0.3, -0.25) is 4.79 Å². The fraction of sp³-hybridized carbons (Fsp3) is 0.385. The molecule has 0 unspecified atom stereocenters. The van der Waals surface area contributed by atoms with E-state index in [1.165, 1.54) is 22.9 Å². The van der Waals surface area contributed by atoms with Crippen molar-refractivity contribution in [2.75, 3.05) is 0 Å². The Kier molecular flexibility index (Phi) is 3.93. The molecule has 9 heteroatoms. The Balaban J connectivity index is 1.59. The lowest BCUT2D eigenvalue weighted by molar-refractivity contribution is -0.122. The highest BCUT2D eigenvalue weighted by Crippen LogP contribution is 2.32. The molecule has 1 saturated carbocycles. The van der Waals surface area contributed by atoms with Crippen LogP contribution in [-0.4, -0.2) is 25.7 Å². The summed E-state index contributed by atoms with van der Waals surface area (Å²) in [6, 6.07) is 4.31. The zero-order valence-corrected chi connectivity index (χ0v) is 12.3. The van der Waals surface area contributed by atoms with Gasteiger partial charge in [-0.1, -0.05) is 17.7 Å². The number of carbonyl (C=O) groups excluding carboxylic acids is 1. The molecule has 3 rings (SSSR count). The molecule has 1 aliphatic rings. The van der Waals surface area contributed by atoms with Gasteiger partial charge in [0.25, 0.3) is 0 Å². The Bertz CT molecular complexity index is 768. The number of amides is 1. The molecule has 1 N–H and O–H groups in total. The van der Waals surface area contributed by atoms with Gasteiger partial charge in [-0.25, -0.2) is 9.18 Å². The quantitative estimate of drug-likeness (QED) is 0.885. The van der Waals surface area contributed by atoms with Gasteiger partial charge in [0.15, 0.2) is 0 Å². The Morgan fingerprint density at radius 3 is 2.86 bits per heavy atom. The van der Waals surface area contributed by atoms with E-state index < -0.39 is 17.4 Å². The maximum Gasteiger partial charge on any atom is 0.364 e. The molecule has 0 saturated heterocycles. The van der Waals surface area contributed by atoms with Crippen LogP contribution in [0.25, 0.3) is 0 Å². The van der Waals surface area contributed by atoms with Crippen molar-refractivity contribution in [3.8, 4) is 0 Å². The largest absolute Gasteiger partial charge is 0.364 e. The van der Waals surface area contributed by atoms with Gasteiger partial charge < -0.3 is 5.32 Å². The van der Waals surface area contributed by atoms with E-state index in [0.29, 0.717) is 5.56 Å². The van der Waals surface area contributed by atoms with Crippen molar-refractivity contribution in [3.05, 3.63) is 45.1 Å². The Labute approximate surface area is 129 Å². The first-order chi connectivity index (χ1) is 10.5. The third-order valence-electron chi connectivity index (χ3n) is 3.34. The average Bonchev–Trinajstić information content (AvgIpc) is 3.24. The van der Waals surface area contributed by atoms with Gasteiger partial charge in [-0.15, -0.1) is 0 Å². The van der Waals surface area contributed by atoms with E-state index >= 15 is 0 Å². The summed E-state index contributed by atoms with van der Waals surface area (Å²) in [4.78, 5) is 23.7. The molecule has 1 aromatic carbocycles. The lowest BCUT2D eigenvalue weighted by Crippen LogP contribution is -2.33. The SMILES string of the molecule is O=C(Cn1nnn(C2CC2)c1=O)NCc1ccc(Cl)cc1F. The third kappa shape index (κ3) is 3.16. The van der Waals surface area contributed by atoms with Crippen LogP contribution in [0.3, 0.4) is 0 Å². The van der Waals surface area contributed by atoms with Gasteiger partial charge in [0.2, 0.25) is 5.91 Å². The number of aromatic nitrogens is 4. The number of nitrogens with zero attached hydrogens (tertiary/aromatic N) is 4. The minimum atomic E-state index is -0.496. The molecule has 1 heterocycles. The van der Waals surface area contributed by atoms with E-state index in [1.54, 1.807) is 0 Å². The average molecular weight is 326 g/mol. The summed E-state index contributed by atoms with van der Waals surface area (Å²) in [5, 5.41) is 10.2. The maximum atomic E-state index is 13.6. The standard InChI is InChI=1S/C13H13ClFN5O2/c14-9-2-1-8(11(15)5-9)6-16-12(21)7-19-13(22)20(18-17-19)10-3-4-10/h1-2,5,10H,3-4,6-7H2,(H,16,21). The fourth-order valence-electron chi connectivity index (χ4n) is 1.98. The predicted octanol–water partition coefficient (Wildman–Crippen LogP) is 0.884. The zero-order chi connectivity index (χ0) is 15.7. The van der Waals surface area contributed by atoms with Crippen molar-refractivity contribution in [2.45, 2.75) is 32.0 Å². The van der Waals surface area contributed by atoms with Gasteiger partial charge in [-0.05, 0) is 35.4 Å². The number of benzene rings is 1. The molecule has 0 bridgehead atoms. The summed E-state index contributed by atoms with van der Waals surface area (Å²) >= 11 is 5.65. The van der Waals surface area contributed by atoms with Gasteiger partial charge in [-0.2, -0.15) is 9.36 Å². The van der Waals surface area contributed by atoms with Crippen molar-refractivity contribution in [1.29, 1.82) is 0 Å². The number of hydrogen-bond acceptors (Lipinski definition) is 4. The first-order valence-corrected chi connectivity index (χ1v) is 7.15. The fourth-order valence-corrected chi connectivity index (χ4v) is 2.14. The highest BCUT2D eigenvalue weighted by atomic mass is 35.5. The number of hydrogen-bond donors (Lipinski definition) is 1. The van der Waals surface area contributed by atoms with Gasteiger partial charge in [0.1, 0.15) is 12.4 Å². The van der Waals surface area contributed by atoms with E-state index in [0.717, 1.165) is 17.5 Å². The molecule has 2 aromatic rings. The van der Waals surface area contributed by atoms with Crippen molar-refractivity contribution < 1.29 is 9.18 Å². The van der Waals surface area contributed by atoms with Crippen molar-refractivity contribution in [2.24, 2.45) is 0 Å². The molecule has 1 aromatic heterocycles. The molecule has 0 atom stereocenters. The zero-order valence-electron chi connectivity index (χ0n) is 11.5. The van der Waals surface area contributed by atoms with Crippen LogP contribution in [0, 0.1) is 5.82 Å². The smallest absolute Gasteiger partial charge is 0.350 e. The second kappa shape index (κ2) is 5.88. The summed E-state index contributed by atoms with van der Waals surface area (Å²) in [5.41, 5.74) is -0.0953. The molecule has 7 nitrogen and oxygen atoms in total. The molecule has 22 heavy (non-hydrogen) atoms. The normalized spacial score (nSPS) is 14.1. The predicted molar refractivity (Wildman–Crippen MR) is 75.8 cm³/mol. The van der Waals surface area contributed by atoms with Crippen LogP contribution in [0.5, 0.6) is 0 Å². The maximum absolute atomic E-state index is 13.6. The van der Waals surface area contributed by atoms with E-state index in [4.69, 9.17) is 11.6 Å². The van der Waals surface area contributed by atoms with E-state index in [9.17, 15) is 14.0 Å². The van der Waals surface area contributed by atoms with Crippen LogP contribution in [-0.2, 0) is 17.9 Å². The molecule has 1 amide bonds. The highest BCUT2D eigenvalue weighted by molar-refractivity contribution is 6.30. The number of tetrazole rings is 1. The molecule has 0 radical (unpaired) electrons. The van der Waals surface area contributed by atoms with Crippen LogP contribution in [0.15, 0.2) is 23.0 Å². The third-order valence-corrected chi connectivity index (χ3v) is 3.57. The van der Waals surface area contributed by atoms with E-state index in [2.05, 4.69) is 15.7 Å². The second-order valence-corrected chi connectivity index (χ2v) is 5.54. The lowest BCUT2D eigenvalue weighted by atomic mass is 10.2. The molecule has 1 fully saturated rings. The Hall–Kier alpha value is -2.22. The Morgan fingerprint density at radius 1 is 1.41 bits per heavy atom. The number of rotatable bonds is 5. The molecular weight excluding hydrogens is 313 g/mol. The van der Waals surface area contributed by atoms with Crippen molar-refractivity contribution in [1.82, 2.24) is 25.1 Å². The van der Waals surface area contributed by atoms with Crippen molar-refractivity contribution >= 4 is 17.5 Å². The lowest BCUT2D eigenvalue weighted by Gasteiger charge is -2.06. The highest BCUT2D eigenvalue weighted by Gasteiger charge is 2.28. The number of nitrogens with one attached hydrogen (secondary N) is 1. The minimum Gasteiger partial charge on any atom is -0.350 e. The number of carbonyl (C=O) groups is 1. The van der Waals surface area contributed by atoms with Crippen LogP contribution in [0.4, 0.5) is 4.39 Å². The summed E-state index contributed by atoms with van der Waals surface area (Å²) in [6.07, 6.45) is 1.81. The van der Waals surface area contributed by atoms with Gasteiger partial charge in [0.05, 0.1) is 6.04 Å². The van der Waals surface area contributed by atoms with Crippen molar-refractivity contribution in [3.63, 3.8) is 0 Å². The summed E-state index contributed by atoms with van der Waals surface area (Å²) in [5.74, 6) is -0.941. The second-order valence-electron chi connectivity index (χ2n) is 5.11. The van der Waals surface area contributed by atoms with Crippen LogP contribution < -0.4 is 11.0 Å². The monoisotopic (exact) mass is 325 g/mol. The minimum absolute atomic E-state index is 0.00729.